The second-order valence-corrected chi connectivity index (χ2v) is 4.48. The van der Waals surface area contributed by atoms with Crippen molar-refractivity contribution >= 4 is 17.0 Å². The highest BCUT2D eigenvalue weighted by atomic mass is 16.5. The second kappa shape index (κ2) is 5.73. The summed E-state index contributed by atoms with van der Waals surface area (Å²) in [6.45, 7) is 2.74. The minimum absolute atomic E-state index is 0.0936. The Morgan fingerprint density at radius 2 is 2.26 bits per heavy atom. The van der Waals surface area contributed by atoms with Crippen LogP contribution in [0.25, 0.3) is 11.0 Å². The molecule has 0 aliphatic heterocycles. The molecule has 5 nitrogen and oxygen atoms in total. The maximum Gasteiger partial charge on any atom is 0.303 e. The number of hydrogen-bond acceptors (Lipinski definition) is 3. The number of rotatable bonds is 6. The highest BCUT2D eigenvalue weighted by molar-refractivity contribution is 5.78. The van der Waals surface area contributed by atoms with Crippen LogP contribution in [-0.2, 0) is 18.3 Å². The number of hydrogen-bond donors (Lipinski definition) is 1. The summed E-state index contributed by atoms with van der Waals surface area (Å²) in [7, 11) is 1.90. The second-order valence-electron chi connectivity index (χ2n) is 4.48. The number of carboxylic acids is 1. The fourth-order valence-corrected chi connectivity index (χ4v) is 1.98. The third-order valence-electron chi connectivity index (χ3n) is 2.98. The summed E-state index contributed by atoms with van der Waals surface area (Å²) < 4.78 is 7.50. The lowest BCUT2D eigenvalue weighted by Gasteiger charge is -2.04. The third-order valence-corrected chi connectivity index (χ3v) is 2.98. The van der Waals surface area contributed by atoms with E-state index in [4.69, 9.17) is 9.84 Å². The molecule has 0 atom stereocenters. The Balaban J connectivity index is 2.26. The first-order chi connectivity index (χ1) is 9.11. The van der Waals surface area contributed by atoms with E-state index in [1.165, 1.54) is 0 Å². The summed E-state index contributed by atoms with van der Waals surface area (Å²) in [6.07, 6.45) is 1.49. The number of ether oxygens (including phenoxy) is 1. The molecule has 19 heavy (non-hydrogen) atoms. The number of carboxylic acid groups (broad SMARTS) is 1. The molecule has 5 heteroatoms. The average molecular weight is 262 g/mol. The van der Waals surface area contributed by atoms with Gasteiger partial charge in [0.15, 0.2) is 0 Å². The van der Waals surface area contributed by atoms with Crippen molar-refractivity contribution in [1.82, 2.24) is 9.55 Å². The van der Waals surface area contributed by atoms with Crippen molar-refractivity contribution in [3.63, 3.8) is 0 Å². The molecule has 0 unspecified atom stereocenters. The van der Waals surface area contributed by atoms with E-state index in [-0.39, 0.29) is 6.42 Å². The standard InChI is InChI=1S/C14H18N2O3/c1-3-8-19-10-4-5-12-11(9-10)15-13(16(12)2)6-7-14(17)18/h4-5,9H,3,6-8H2,1-2H3,(H,17,18). The molecule has 2 aromatic rings. The van der Waals surface area contributed by atoms with Gasteiger partial charge in [-0.25, -0.2) is 4.98 Å². The molecule has 0 fully saturated rings. The van der Waals surface area contributed by atoms with Crippen LogP contribution in [0.2, 0.25) is 0 Å². The van der Waals surface area contributed by atoms with E-state index in [1.807, 2.05) is 29.8 Å². The monoisotopic (exact) mass is 262 g/mol. The first kappa shape index (κ1) is 13.4. The van der Waals surface area contributed by atoms with Gasteiger partial charge in [0.2, 0.25) is 0 Å². The van der Waals surface area contributed by atoms with Crippen molar-refractivity contribution in [3.05, 3.63) is 24.0 Å². The van der Waals surface area contributed by atoms with Gasteiger partial charge < -0.3 is 14.4 Å². The molecule has 1 aromatic carbocycles. The normalized spacial score (nSPS) is 10.8. The lowest BCUT2D eigenvalue weighted by molar-refractivity contribution is -0.137. The number of aryl methyl sites for hydroxylation is 2. The van der Waals surface area contributed by atoms with Crippen molar-refractivity contribution < 1.29 is 14.6 Å². The van der Waals surface area contributed by atoms with Crippen LogP contribution < -0.4 is 4.74 Å². The number of nitrogens with zero attached hydrogens (tertiary/aromatic N) is 2. The molecule has 0 radical (unpaired) electrons. The van der Waals surface area contributed by atoms with Crippen LogP contribution in [0.1, 0.15) is 25.6 Å². The summed E-state index contributed by atoms with van der Waals surface area (Å²) in [6, 6.07) is 5.77. The lowest BCUT2D eigenvalue weighted by atomic mass is 10.3. The molecule has 102 valence electrons. The number of carbonyl (C=O) groups is 1. The Hall–Kier alpha value is -2.04. The molecule has 0 saturated carbocycles. The maximum atomic E-state index is 10.6. The van der Waals surface area contributed by atoms with Gasteiger partial charge in [0.25, 0.3) is 0 Å². The lowest BCUT2D eigenvalue weighted by Crippen LogP contribution is -2.03. The number of imidazole rings is 1. The topological polar surface area (TPSA) is 64.3 Å². The summed E-state index contributed by atoms with van der Waals surface area (Å²) in [5.41, 5.74) is 1.83. The Morgan fingerprint density at radius 1 is 1.47 bits per heavy atom. The molecule has 1 N–H and O–H groups in total. The fourth-order valence-electron chi connectivity index (χ4n) is 1.98. The van der Waals surface area contributed by atoms with Gasteiger partial charge in [-0.1, -0.05) is 6.92 Å². The van der Waals surface area contributed by atoms with Gasteiger partial charge >= 0.3 is 5.97 Å². The molecular formula is C14H18N2O3. The van der Waals surface area contributed by atoms with Crippen LogP contribution >= 0.6 is 0 Å². The van der Waals surface area contributed by atoms with E-state index in [2.05, 4.69) is 11.9 Å². The number of aromatic nitrogens is 2. The van der Waals surface area contributed by atoms with Crippen LogP contribution in [0.3, 0.4) is 0 Å². The Labute approximate surface area is 111 Å². The average Bonchev–Trinajstić information content (AvgIpc) is 2.70. The minimum atomic E-state index is -0.806. The molecule has 0 aliphatic carbocycles. The molecule has 0 aliphatic rings. The van der Waals surface area contributed by atoms with Crippen molar-refractivity contribution in [2.75, 3.05) is 6.61 Å². The molecule has 1 aromatic heterocycles. The molecular weight excluding hydrogens is 244 g/mol. The highest BCUT2D eigenvalue weighted by Crippen LogP contribution is 2.21. The molecule has 0 saturated heterocycles. The molecule has 0 bridgehead atoms. The van der Waals surface area contributed by atoms with Crippen LogP contribution in [0, 0.1) is 0 Å². The van der Waals surface area contributed by atoms with Crippen molar-refractivity contribution in [2.45, 2.75) is 26.2 Å². The van der Waals surface area contributed by atoms with Gasteiger partial charge in [0, 0.05) is 19.5 Å². The Kier molecular flexibility index (Phi) is 4.04. The smallest absolute Gasteiger partial charge is 0.303 e. The van der Waals surface area contributed by atoms with E-state index in [0.29, 0.717) is 13.0 Å². The van der Waals surface area contributed by atoms with Crippen molar-refractivity contribution in [2.24, 2.45) is 7.05 Å². The van der Waals surface area contributed by atoms with E-state index in [9.17, 15) is 4.79 Å². The maximum absolute atomic E-state index is 10.6. The summed E-state index contributed by atoms with van der Waals surface area (Å²) >= 11 is 0. The minimum Gasteiger partial charge on any atom is -0.494 e. The largest absolute Gasteiger partial charge is 0.494 e. The van der Waals surface area contributed by atoms with Gasteiger partial charge in [-0.15, -0.1) is 0 Å². The Bertz CT molecular complexity index is 590. The zero-order chi connectivity index (χ0) is 13.8. The number of fused-ring (bicyclic) bond motifs is 1. The molecule has 0 amide bonds. The van der Waals surface area contributed by atoms with Crippen molar-refractivity contribution in [3.8, 4) is 5.75 Å². The molecule has 0 spiro atoms. The van der Waals surface area contributed by atoms with E-state index in [0.717, 1.165) is 29.0 Å². The molecule has 1 heterocycles. The fraction of sp³-hybridized carbons (Fsp3) is 0.429. The predicted molar refractivity (Wildman–Crippen MR) is 72.5 cm³/mol. The van der Waals surface area contributed by atoms with Gasteiger partial charge in [-0.2, -0.15) is 0 Å². The van der Waals surface area contributed by atoms with Gasteiger partial charge in [-0.05, 0) is 18.6 Å². The van der Waals surface area contributed by atoms with E-state index >= 15 is 0 Å². The zero-order valence-corrected chi connectivity index (χ0v) is 11.2. The summed E-state index contributed by atoms with van der Waals surface area (Å²) in [4.78, 5) is 15.1. The SMILES string of the molecule is CCCOc1ccc2c(c1)nc(CCC(=O)O)n2C. The first-order valence-corrected chi connectivity index (χ1v) is 6.41. The van der Waals surface area contributed by atoms with E-state index in [1.54, 1.807) is 0 Å². The van der Waals surface area contributed by atoms with E-state index < -0.39 is 5.97 Å². The van der Waals surface area contributed by atoms with Gasteiger partial charge in [0.1, 0.15) is 11.6 Å². The first-order valence-electron chi connectivity index (χ1n) is 6.41. The van der Waals surface area contributed by atoms with Crippen LogP contribution in [0.4, 0.5) is 0 Å². The summed E-state index contributed by atoms with van der Waals surface area (Å²) in [5.74, 6) is 0.779. The van der Waals surface area contributed by atoms with Gasteiger partial charge in [0.05, 0.1) is 24.1 Å². The Morgan fingerprint density at radius 3 is 2.95 bits per heavy atom. The number of aliphatic carboxylic acids is 1. The predicted octanol–water partition coefficient (Wildman–Crippen LogP) is 2.38. The highest BCUT2D eigenvalue weighted by Gasteiger charge is 2.10. The van der Waals surface area contributed by atoms with Crippen LogP contribution in [-0.4, -0.2) is 27.2 Å². The zero-order valence-electron chi connectivity index (χ0n) is 11.2. The van der Waals surface area contributed by atoms with Crippen LogP contribution in [0.5, 0.6) is 5.75 Å². The summed E-state index contributed by atoms with van der Waals surface area (Å²) in [5, 5.41) is 8.72. The molecule has 2 rings (SSSR count). The number of benzene rings is 1. The third kappa shape index (κ3) is 3.05. The van der Waals surface area contributed by atoms with Gasteiger partial charge in [-0.3, -0.25) is 4.79 Å². The van der Waals surface area contributed by atoms with Crippen LogP contribution in [0.15, 0.2) is 18.2 Å². The quantitative estimate of drug-likeness (QED) is 0.868. The van der Waals surface area contributed by atoms with Crippen molar-refractivity contribution in [1.29, 1.82) is 0 Å².